The van der Waals surface area contributed by atoms with Crippen molar-refractivity contribution < 1.29 is 22.9 Å². The second-order valence-corrected chi connectivity index (χ2v) is 9.64. The maximum atomic E-state index is 12.3. The summed E-state index contributed by atoms with van der Waals surface area (Å²) in [6.07, 6.45) is 1.97. The average molecular weight is 413 g/mol. The molecular weight excluding hydrogens is 386 g/mol. The Bertz CT molecular complexity index is 798. The SMILES string of the molecule is CC(C)(C)OC(=O)N(CCCNS(=O)(=O)Cc1ccc([N+](=O)[O-])cc1)C1CC1. The number of amides is 1. The van der Waals surface area contributed by atoms with Gasteiger partial charge in [0.15, 0.2) is 0 Å². The molecule has 1 aromatic rings. The molecule has 2 rings (SSSR count). The zero-order chi connectivity index (χ0) is 20.9. The summed E-state index contributed by atoms with van der Waals surface area (Å²) in [6, 6.07) is 5.58. The van der Waals surface area contributed by atoms with Crippen LogP contribution in [-0.4, -0.2) is 49.1 Å². The highest BCUT2D eigenvalue weighted by Gasteiger charge is 2.34. The quantitative estimate of drug-likeness (QED) is 0.378. The number of nitro groups is 1. The summed E-state index contributed by atoms with van der Waals surface area (Å²) in [5.74, 6) is -0.261. The van der Waals surface area contributed by atoms with Gasteiger partial charge in [0.1, 0.15) is 5.60 Å². The van der Waals surface area contributed by atoms with Crippen LogP contribution in [0.1, 0.15) is 45.6 Å². The van der Waals surface area contributed by atoms with Gasteiger partial charge >= 0.3 is 6.09 Å². The maximum absolute atomic E-state index is 12.3. The molecular formula is C18H27N3O6S. The Kier molecular flexibility index (Phi) is 7.00. The van der Waals surface area contributed by atoms with Gasteiger partial charge in [0, 0.05) is 31.3 Å². The number of nitro benzene ring substituents is 1. The Labute approximate surface area is 165 Å². The number of ether oxygens (including phenoxy) is 1. The van der Waals surface area contributed by atoms with E-state index in [1.807, 2.05) is 20.8 Å². The van der Waals surface area contributed by atoms with Gasteiger partial charge in [-0.15, -0.1) is 0 Å². The largest absolute Gasteiger partial charge is 0.444 e. The third-order valence-electron chi connectivity index (χ3n) is 4.02. The molecule has 1 aliphatic carbocycles. The second-order valence-electron chi connectivity index (χ2n) is 7.84. The molecule has 1 amide bonds. The van der Waals surface area contributed by atoms with E-state index in [1.54, 1.807) is 4.90 Å². The Balaban J connectivity index is 1.80. The van der Waals surface area contributed by atoms with Crippen LogP contribution in [0, 0.1) is 10.1 Å². The fraction of sp³-hybridized carbons (Fsp3) is 0.611. The third-order valence-corrected chi connectivity index (χ3v) is 5.37. The van der Waals surface area contributed by atoms with Crippen molar-refractivity contribution in [1.82, 2.24) is 9.62 Å². The molecule has 9 nitrogen and oxygen atoms in total. The van der Waals surface area contributed by atoms with Crippen molar-refractivity contribution in [3.8, 4) is 0 Å². The summed E-state index contributed by atoms with van der Waals surface area (Å²) < 4.78 is 32.3. The monoisotopic (exact) mass is 413 g/mol. The second kappa shape index (κ2) is 8.87. The minimum absolute atomic E-state index is 0.0867. The van der Waals surface area contributed by atoms with Crippen molar-refractivity contribution in [2.24, 2.45) is 0 Å². The molecule has 0 aromatic heterocycles. The molecule has 1 fully saturated rings. The van der Waals surface area contributed by atoms with E-state index in [9.17, 15) is 23.3 Å². The lowest BCUT2D eigenvalue weighted by Gasteiger charge is -2.27. The molecule has 0 unspecified atom stereocenters. The lowest BCUT2D eigenvalue weighted by molar-refractivity contribution is -0.384. The summed E-state index contributed by atoms with van der Waals surface area (Å²) in [4.78, 5) is 24.0. The van der Waals surface area contributed by atoms with Crippen LogP contribution in [0.25, 0.3) is 0 Å². The van der Waals surface area contributed by atoms with Crippen molar-refractivity contribution >= 4 is 21.8 Å². The van der Waals surface area contributed by atoms with E-state index < -0.39 is 20.5 Å². The molecule has 1 saturated carbocycles. The van der Waals surface area contributed by atoms with E-state index in [2.05, 4.69) is 4.72 Å². The summed E-state index contributed by atoms with van der Waals surface area (Å²) >= 11 is 0. The van der Waals surface area contributed by atoms with Gasteiger partial charge in [0.05, 0.1) is 10.7 Å². The number of carbonyl (C=O) groups excluding carboxylic acids is 1. The van der Waals surface area contributed by atoms with Crippen molar-refractivity contribution in [2.45, 2.75) is 57.4 Å². The molecule has 0 atom stereocenters. The standard InChI is InChI=1S/C18H27N3O6S/c1-18(2,3)27-17(22)20(15-9-10-15)12-4-11-19-28(25,26)13-14-5-7-16(8-6-14)21(23)24/h5-8,15,19H,4,9-13H2,1-3H3. The lowest BCUT2D eigenvalue weighted by atomic mass is 10.2. The van der Waals surface area contributed by atoms with Gasteiger partial charge in [-0.1, -0.05) is 12.1 Å². The van der Waals surface area contributed by atoms with Gasteiger partial charge in [0.25, 0.3) is 5.69 Å². The smallest absolute Gasteiger partial charge is 0.410 e. The molecule has 1 N–H and O–H groups in total. The number of nitrogens with zero attached hydrogens (tertiary/aromatic N) is 2. The van der Waals surface area contributed by atoms with Gasteiger partial charge in [-0.2, -0.15) is 0 Å². The van der Waals surface area contributed by atoms with E-state index in [0.29, 0.717) is 18.5 Å². The third kappa shape index (κ3) is 7.43. The predicted molar refractivity (Wildman–Crippen MR) is 104 cm³/mol. The van der Waals surface area contributed by atoms with Crippen molar-refractivity contribution in [3.05, 3.63) is 39.9 Å². The fourth-order valence-corrected chi connectivity index (χ4v) is 3.78. The number of benzene rings is 1. The number of sulfonamides is 1. The van der Waals surface area contributed by atoms with Crippen LogP contribution < -0.4 is 4.72 Å². The fourth-order valence-electron chi connectivity index (χ4n) is 2.59. The lowest BCUT2D eigenvalue weighted by Crippen LogP contribution is -2.40. The van der Waals surface area contributed by atoms with E-state index >= 15 is 0 Å². The Morgan fingerprint density at radius 1 is 1.29 bits per heavy atom. The van der Waals surface area contributed by atoms with E-state index in [1.165, 1.54) is 24.3 Å². The van der Waals surface area contributed by atoms with Gasteiger partial charge in [-0.3, -0.25) is 10.1 Å². The van der Waals surface area contributed by atoms with E-state index in [4.69, 9.17) is 4.74 Å². The summed E-state index contributed by atoms with van der Waals surface area (Å²) in [6.45, 7) is 6.04. The molecule has 0 radical (unpaired) electrons. The molecule has 28 heavy (non-hydrogen) atoms. The molecule has 0 saturated heterocycles. The topological polar surface area (TPSA) is 119 Å². The van der Waals surface area contributed by atoms with E-state index in [0.717, 1.165) is 12.8 Å². The van der Waals surface area contributed by atoms with Gasteiger partial charge in [-0.05, 0) is 45.6 Å². The first-order valence-corrected chi connectivity index (χ1v) is 10.8. The molecule has 0 spiro atoms. The summed E-state index contributed by atoms with van der Waals surface area (Å²) in [5.41, 5.74) is -0.195. The number of rotatable bonds is 9. The predicted octanol–water partition coefficient (Wildman–Crippen LogP) is 2.80. The Hall–Kier alpha value is -2.20. The first-order chi connectivity index (χ1) is 13.0. The summed E-state index contributed by atoms with van der Waals surface area (Å²) in [7, 11) is -3.57. The van der Waals surface area contributed by atoms with Crippen LogP contribution in [0.2, 0.25) is 0 Å². The van der Waals surface area contributed by atoms with Crippen LogP contribution in [0.3, 0.4) is 0 Å². The van der Waals surface area contributed by atoms with Crippen LogP contribution >= 0.6 is 0 Å². The highest BCUT2D eigenvalue weighted by Crippen LogP contribution is 2.28. The minimum Gasteiger partial charge on any atom is -0.444 e. The molecule has 0 heterocycles. The minimum atomic E-state index is -3.57. The maximum Gasteiger partial charge on any atom is 0.410 e. The average Bonchev–Trinajstić information content (AvgIpc) is 3.37. The zero-order valence-corrected chi connectivity index (χ0v) is 17.2. The van der Waals surface area contributed by atoms with Gasteiger partial charge < -0.3 is 9.64 Å². The first kappa shape index (κ1) is 22.1. The summed E-state index contributed by atoms with van der Waals surface area (Å²) in [5, 5.41) is 10.6. The van der Waals surface area contributed by atoms with Crippen LogP contribution in [0.5, 0.6) is 0 Å². The molecule has 0 aliphatic heterocycles. The number of carbonyl (C=O) groups is 1. The Morgan fingerprint density at radius 3 is 2.39 bits per heavy atom. The first-order valence-electron chi connectivity index (χ1n) is 9.17. The van der Waals surface area contributed by atoms with Gasteiger partial charge in [0.2, 0.25) is 10.0 Å². The number of nitrogens with one attached hydrogen (secondary N) is 1. The normalized spacial score (nSPS) is 14.5. The number of hydrogen-bond donors (Lipinski definition) is 1. The van der Waals surface area contributed by atoms with Crippen molar-refractivity contribution in [3.63, 3.8) is 0 Å². The van der Waals surface area contributed by atoms with Crippen LogP contribution in [0.4, 0.5) is 10.5 Å². The van der Waals surface area contributed by atoms with Crippen LogP contribution in [0.15, 0.2) is 24.3 Å². The molecule has 10 heteroatoms. The van der Waals surface area contributed by atoms with Crippen molar-refractivity contribution in [2.75, 3.05) is 13.1 Å². The molecule has 1 aliphatic rings. The van der Waals surface area contributed by atoms with E-state index in [-0.39, 0.29) is 30.1 Å². The zero-order valence-electron chi connectivity index (χ0n) is 16.4. The molecule has 156 valence electrons. The van der Waals surface area contributed by atoms with Gasteiger partial charge in [-0.25, -0.2) is 17.9 Å². The Morgan fingerprint density at radius 2 is 1.89 bits per heavy atom. The van der Waals surface area contributed by atoms with Crippen LogP contribution in [-0.2, 0) is 20.5 Å². The highest BCUT2D eigenvalue weighted by molar-refractivity contribution is 7.88. The molecule has 0 bridgehead atoms. The number of non-ortho nitro benzene ring substituents is 1. The molecule has 1 aromatic carbocycles. The van der Waals surface area contributed by atoms with Crippen molar-refractivity contribution in [1.29, 1.82) is 0 Å². The number of hydrogen-bond acceptors (Lipinski definition) is 6. The highest BCUT2D eigenvalue weighted by atomic mass is 32.2.